The van der Waals surface area contributed by atoms with Crippen LogP contribution in [0.5, 0.6) is 5.75 Å². The van der Waals surface area contributed by atoms with Crippen LogP contribution in [0.3, 0.4) is 0 Å². The van der Waals surface area contributed by atoms with Gasteiger partial charge in [-0.3, -0.25) is 0 Å². The zero-order valence-electron chi connectivity index (χ0n) is 11.4. The van der Waals surface area contributed by atoms with Gasteiger partial charge in [-0.25, -0.2) is 4.39 Å². The molecule has 1 unspecified atom stereocenters. The summed E-state index contributed by atoms with van der Waals surface area (Å²) in [4.78, 5) is 0. The Morgan fingerprint density at radius 1 is 1.20 bits per heavy atom. The molecule has 0 fully saturated rings. The maximum Gasteiger partial charge on any atom is 0.131 e. The van der Waals surface area contributed by atoms with E-state index < -0.39 is 0 Å². The smallest absolute Gasteiger partial charge is 0.131 e. The average molecular weight is 271 g/mol. The van der Waals surface area contributed by atoms with E-state index in [1.54, 1.807) is 19.1 Å². The molecule has 1 atom stereocenters. The van der Waals surface area contributed by atoms with Gasteiger partial charge in [0, 0.05) is 17.7 Å². The molecule has 2 N–H and O–H groups in total. The molecular weight excluding hydrogens is 253 g/mol. The van der Waals surface area contributed by atoms with E-state index in [-0.39, 0.29) is 11.9 Å². The van der Waals surface area contributed by atoms with Crippen molar-refractivity contribution in [1.29, 1.82) is 0 Å². The molecule has 2 nitrogen and oxygen atoms in total. The number of rotatable bonds is 5. The van der Waals surface area contributed by atoms with E-state index in [9.17, 15) is 4.39 Å². The van der Waals surface area contributed by atoms with Crippen molar-refractivity contribution in [3.63, 3.8) is 0 Å². The Hall–Kier alpha value is -2.13. The van der Waals surface area contributed by atoms with Crippen molar-refractivity contribution in [2.75, 3.05) is 6.61 Å². The van der Waals surface area contributed by atoms with E-state index in [0.717, 1.165) is 5.56 Å². The van der Waals surface area contributed by atoms with Gasteiger partial charge in [0.1, 0.15) is 18.2 Å². The molecule has 0 bridgehead atoms. The number of ether oxygens (including phenoxy) is 1. The van der Waals surface area contributed by atoms with Crippen molar-refractivity contribution < 1.29 is 9.13 Å². The molecule has 0 aliphatic carbocycles. The van der Waals surface area contributed by atoms with Crippen LogP contribution in [0.15, 0.2) is 54.6 Å². The zero-order chi connectivity index (χ0) is 14.4. The Balaban J connectivity index is 1.92. The van der Waals surface area contributed by atoms with Gasteiger partial charge >= 0.3 is 0 Å². The van der Waals surface area contributed by atoms with Gasteiger partial charge in [-0.15, -0.1) is 0 Å². The fourth-order valence-electron chi connectivity index (χ4n) is 1.86. The van der Waals surface area contributed by atoms with Crippen LogP contribution in [0.2, 0.25) is 0 Å². The van der Waals surface area contributed by atoms with Crippen molar-refractivity contribution in [3.8, 4) is 5.75 Å². The fraction of sp³-hybridized carbons (Fsp3) is 0.176. The normalized spacial score (nSPS) is 12.6. The minimum Gasteiger partial charge on any atom is -0.489 e. The maximum absolute atomic E-state index is 13.7. The van der Waals surface area contributed by atoms with E-state index in [4.69, 9.17) is 10.5 Å². The van der Waals surface area contributed by atoms with Crippen LogP contribution in [0.25, 0.3) is 6.08 Å². The average Bonchev–Trinajstić information content (AvgIpc) is 2.44. The Kier molecular flexibility index (Phi) is 4.91. The summed E-state index contributed by atoms with van der Waals surface area (Å²) < 4.78 is 19.2. The van der Waals surface area contributed by atoms with Gasteiger partial charge in [0.2, 0.25) is 0 Å². The first-order valence-corrected chi connectivity index (χ1v) is 6.56. The van der Waals surface area contributed by atoms with Crippen LogP contribution < -0.4 is 10.5 Å². The summed E-state index contributed by atoms with van der Waals surface area (Å²) in [6.45, 7) is 2.15. The van der Waals surface area contributed by atoms with Crippen molar-refractivity contribution >= 4 is 6.08 Å². The molecule has 0 aliphatic rings. The van der Waals surface area contributed by atoms with E-state index >= 15 is 0 Å². The van der Waals surface area contributed by atoms with Crippen LogP contribution in [-0.4, -0.2) is 6.61 Å². The van der Waals surface area contributed by atoms with Gasteiger partial charge in [0.15, 0.2) is 0 Å². The molecule has 2 aromatic carbocycles. The van der Waals surface area contributed by atoms with Crippen LogP contribution in [-0.2, 0) is 0 Å². The quantitative estimate of drug-likeness (QED) is 0.894. The second-order valence-electron chi connectivity index (χ2n) is 4.60. The molecule has 0 saturated heterocycles. The topological polar surface area (TPSA) is 35.2 Å². The number of nitrogens with two attached hydrogens (primary N) is 1. The van der Waals surface area contributed by atoms with Crippen molar-refractivity contribution in [1.82, 2.24) is 0 Å². The molecule has 0 spiro atoms. The summed E-state index contributed by atoms with van der Waals surface area (Å²) in [6, 6.07) is 14.4. The lowest BCUT2D eigenvalue weighted by atomic mass is 10.1. The second-order valence-corrected chi connectivity index (χ2v) is 4.60. The Labute approximate surface area is 118 Å². The monoisotopic (exact) mass is 271 g/mol. The third-order valence-electron chi connectivity index (χ3n) is 2.92. The highest BCUT2D eigenvalue weighted by molar-refractivity contribution is 5.48. The van der Waals surface area contributed by atoms with E-state index in [1.807, 2.05) is 42.5 Å². The number of hydrogen-bond acceptors (Lipinski definition) is 2. The summed E-state index contributed by atoms with van der Waals surface area (Å²) in [5.41, 5.74) is 7.26. The van der Waals surface area contributed by atoms with Crippen LogP contribution >= 0.6 is 0 Å². The molecule has 2 aromatic rings. The van der Waals surface area contributed by atoms with Gasteiger partial charge in [-0.1, -0.05) is 42.5 Å². The lowest BCUT2D eigenvalue weighted by molar-refractivity contribution is 0.360. The van der Waals surface area contributed by atoms with Crippen LogP contribution in [0.1, 0.15) is 24.1 Å². The van der Waals surface area contributed by atoms with Gasteiger partial charge in [0.05, 0.1) is 0 Å². The van der Waals surface area contributed by atoms with Gasteiger partial charge in [-0.05, 0) is 24.6 Å². The SMILES string of the molecule is CC(N)c1ccc(OC/C=C/c2ccccc2)cc1F. The van der Waals surface area contributed by atoms with E-state index in [2.05, 4.69) is 0 Å². The van der Waals surface area contributed by atoms with Crippen LogP contribution in [0, 0.1) is 5.82 Å². The molecule has 20 heavy (non-hydrogen) atoms. The number of hydrogen-bond donors (Lipinski definition) is 1. The third kappa shape index (κ3) is 3.93. The summed E-state index contributed by atoms with van der Waals surface area (Å²) in [5.74, 6) is 0.175. The molecular formula is C17H18FNO. The highest BCUT2D eigenvalue weighted by atomic mass is 19.1. The van der Waals surface area contributed by atoms with Gasteiger partial charge < -0.3 is 10.5 Å². The summed E-state index contributed by atoms with van der Waals surface area (Å²) in [6.07, 6.45) is 3.86. The molecule has 104 valence electrons. The van der Waals surface area contributed by atoms with E-state index in [0.29, 0.717) is 17.9 Å². The molecule has 2 rings (SSSR count). The Bertz CT molecular complexity index is 579. The molecule has 3 heteroatoms. The summed E-state index contributed by atoms with van der Waals surface area (Å²) >= 11 is 0. The predicted octanol–water partition coefficient (Wildman–Crippen LogP) is 3.94. The second kappa shape index (κ2) is 6.87. The molecule has 0 aromatic heterocycles. The Morgan fingerprint density at radius 2 is 1.95 bits per heavy atom. The standard InChI is InChI=1S/C17H18FNO/c1-13(19)16-10-9-15(12-17(16)18)20-11-5-8-14-6-3-2-4-7-14/h2-10,12-13H,11,19H2,1H3/b8-5+. The van der Waals surface area contributed by atoms with Crippen molar-refractivity contribution in [2.24, 2.45) is 5.73 Å². The first-order chi connectivity index (χ1) is 9.66. The molecule has 0 heterocycles. The molecule has 0 radical (unpaired) electrons. The minimum atomic E-state index is -0.329. The third-order valence-corrected chi connectivity index (χ3v) is 2.92. The van der Waals surface area contributed by atoms with Crippen molar-refractivity contribution in [3.05, 3.63) is 71.6 Å². The highest BCUT2D eigenvalue weighted by Gasteiger charge is 2.07. The first kappa shape index (κ1) is 14.3. The van der Waals surface area contributed by atoms with Crippen molar-refractivity contribution in [2.45, 2.75) is 13.0 Å². The number of halogens is 1. The zero-order valence-corrected chi connectivity index (χ0v) is 11.4. The lowest BCUT2D eigenvalue weighted by Crippen LogP contribution is -2.07. The molecule has 0 saturated carbocycles. The highest BCUT2D eigenvalue weighted by Crippen LogP contribution is 2.20. The largest absolute Gasteiger partial charge is 0.489 e. The fourth-order valence-corrected chi connectivity index (χ4v) is 1.86. The number of benzene rings is 2. The first-order valence-electron chi connectivity index (χ1n) is 6.56. The minimum absolute atomic E-state index is 0.318. The van der Waals surface area contributed by atoms with E-state index in [1.165, 1.54) is 6.07 Å². The molecule has 0 aliphatic heterocycles. The van der Waals surface area contributed by atoms with Gasteiger partial charge in [-0.2, -0.15) is 0 Å². The maximum atomic E-state index is 13.7. The summed E-state index contributed by atoms with van der Waals surface area (Å²) in [5, 5.41) is 0. The molecule has 0 amide bonds. The van der Waals surface area contributed by atoms with Crippen LogP contribution in [0.4, 0.5) is 4.39 Å². The Morgan fingerprint density at radius 3 is 2.60 bits per heavy atom. The van der Waals surface area contributed by atoms with Gasteiger partial charge in [0.25, 0.3) is 0 Å². The summed E-state index contributed by atoms with van der Waals surface area (Å²) in [7, 11) is 0. The lowest BCUT2D eigenvalue weighted by Gasteiger charge is -2.09. The predicted molar refractivity (Wildman–Crippen MR) is 80.0 cm³/mol.